The average Bonchev–Trinajstić information content (AvgIpc) is 2.89. The van der Waals surface area contributed by atoms with Crippen LogP contribution in [-0.2, 0) is 11.3 Å². The number of fused-ring (bicyclic) bond motifs is 1. The molecule has 2 N–H and O–H groups in total. The highest BCUT2D eigenvalue weighted by atomic mass is 32.1. The zero-order chi connectivity index (χ0) is 11.8. The Morgan fingerprint density at radius 1 is 1.47 bits per heavy atom. The van der Waals surface area contributed by atoms with Gasteiger partial charge in [-0.1, -0.05) is 6.07 Å². The number of guanidine groups is 1. The van der Waals surface area contributed by atoms with Gasteiger partial charge in [-0.25, -0.2) is 0 Å². The van der Waals surface area contributed by atoms with Gasteiger partial charge in [0.15, 0.2) is 0 Å². The third-order valence-corrected chi connectivity index (χ3v) is 3.52. The first-order valence-electron chi connectivity index (χ1n) is 5.18. The van der Waals surface area contributed by atoms with E-state index in [1.54, 1.807) is 11.3 Å². The van der Waals surface area contributed by atoms with Gasteiger partial charge < -0.3 is 10.6 Å². The molecule has 1 atom stereocenters. The first kappa shape index (κ1) is 10.2. The van der Waals surface area contributed by atoms with E-state index in [9.17, 15) is 4.79 Å². The summed E-state index contributed by atoms with van der Waals surface area (Å²) in [5.41, 5.74) is 5.51. The number of carbonyl (C=O) groups is 1. The second-order valence-electron chi connectivity index (χ2n) is 3.80. The van der Waals surface area contributed by atoms with Gasteiger partial charge in [0.2, 0.25) is 5.96 Å². The van der Waals surface area contributed by atoms with Gasteiger partial charge in [-0.05, 0) is 17.5 Å². The Hall–Kier alpha value is -1.95. The molecule has 6 heteroatoms. The van der Waals surface area contributed by atoms with Crippen LogP contribution in [0.4, 0.5) is 0 Å². The zero-order valence-electron chi connectivity index (χ0n) is 8.91. The van der Waals surface area contributed by atoms with E-state index in [-0.39, 0.29) is 17.8 Å². The number of hydrogen-bond acceptors (Lipinski definition) is 5. The maximum atomic E-state index is 11.6. The molecule has 2 aliphatic heterocycles. The summed E-state index contributed by atoms with van der Waals surface area (Å²) in [5.74, 6) is 0.122. The fourth-order valence-electron chi connectivity index (χ4n) is 1.89. The number of amides is 1. The number of nitrogens with two attached hydrogens (primary N) is 1. The van der Waals surface area contributed by atoms with E-state index in [1.807, 2.05) is 28.6 Å². The molecule has 5 nitrogen and oxygen atoms in total. The minimum Gasteiger partial charge on any atom is -0.368 e. The highest BCUT2D eigenvalue weighted by molar-refractivity contribution is 7.09. The molecule has 3 heterocycles. The minimum absolute atomic E-state index is 0.0427. The average molecular weight is 246 g/mol. The van der Waals surface area contributed by atoms with E-state index < -0.39 is 0 Å². The molecule has 0 radical (unpaired) electrons. The van der Waals surface area contributed by atoms with E-state index in [1.165, 1.54) is 4.88 Å². The molecule has 1 aromatic rings. The number of rotatable bonds is 2. The molecule has 0 saturated carbocycles. The third-order valence-electron chi connectivity index (χ3n) is 2.66. The Morgan fingerprint density at radius 2 is 2.35 bits per heavy atom. The van der Waals surface area contributed by atoms with E-state index in [0.29, 0.717) is 12.4 Å². The van der Waals surface area contributed by atoms with E-state index in [0.717, 1.165) is 0 Å². The lowest BCUT2D eigenvalue weighted by atomic mass is 10.1. The Kier molecular flexibility index (Phi) is 2.29. The van der Waals surface area contributed by atoms with Crippen molar-refractivity contribution in [3.63, 3.8) is 0 Å². The molecule has 1 aromatic heterocycles. The summed E-state index contributed by atoms with van der Waals surface area (Å²) in [6.45, 7) is 0.712. The fourth-order valence-corrected chi connectivity index (χ4v) is 2.59. The second-order valence-corrected chi connectivity index (χ2v) is 4.84. The fraction of sp³-hybridized carbons (Fsp3) is 0.182. The molecular weight excluding hydrogens is 236 g/mol. The summed E-state index contributed by atoms with van der Waals surface area (Å²) in [5, 5.41) is 2.02. The van der Waals surface area contributed by atoms with Crippen molar-refractivity contribution < 1.29 is 4.79 Å². The number of carbonyl (C=O) groups excluding carboxylic acids is 1. The van der Waals surface area contributed by atoms with Crippen molar-refractivity contribution in [2.24, 2.45) is 21.6 Å². The Morgan fingerprint density at radius 3 is 3.12 bits per heavy atom. The molecule has 2 aliphatic rings. The van der Waals surface area contributed by atoms with E-state index >= 15 is 0 Å². The predicted octanol–water partition coefficient (Wildman–Crippen LogP) is 0.947. The summed E-state index contributed by atoms with van der Waals surface area (Å²) in [6.07, 6.45) is 3.68. The van der Waals surface area contributed by atoms with Crippen LogP contribution in [0, 0.1) is 5.92 Å². The summed E-state index contributed by atoms with van der Waals surface area (Å²) in [7, 11) is 0. The van der Waals surface area contributed by atoms with Gasteiger partial charge in [-0.2, -0.15) is 9.98 Å². The molecule has 0 bridgehead atoms. The van der Waals surface area contributed by atoms with Crippen molar-refractivity contribution in [1.82, 2.24) is 4.90 Å². The zero-order valence-corrected chi connectivity index (χ0v) is 9.72. The highest BCUT2D eigenvalue weighted by Gasteiger charge is 2.33. The maximum Gasteiger partial charge on any atom is 0.263 e. The lowest BCUT2D eigenvalue weighted by molar-refractivity contribution is -0.118. The van der Waals surface area contributed by atoms with E-state index in [4.69, 9.17) is 5.73 Å². The topological polar surface area (TPSA) is 71.0 Å². The summed E-state index contributed by atoms with van der Waals surface area (Å²) >= 11 is 1.67. The van der Waals surface area contributed by atoms with Crippen LogP contribution in [0.3, 0.4) is 0 Å². The van der Waals surface area contributed by atoms with Crippen molar-refractivity contribution in [1.29, 1.82) is 0 Å². The Labute approximate surface area is 102 Å². The maximum absolute atomic E-state index is 11.6. The summed E-state index contributed by atoms with van der Waals surface area (Å²) in [6, 6.07) is 4.05. The van der Waals surface area contributed by atoms with Crippen LogP contribution in [0.15, 0.2) is 39.8 Å². The number of aliphatic imine (C=N–C) groups is 2. The van der Waals surface area contributed by atoms with Crippen LogP contribution >= 0.6 is 11.3 Å². The van der Waals surface area contributed by atoms with Crippen LogP contribution in [0.5, 0.6) is 0 Å². The standard InChI is InChI=1S/C11H10N4OS/c12-11-13-9-8(10(16)14-11)3-4-15(9)6-7-2-1-5-17-7/h1-5,8H,6H2,(H2,12,14,16). The normalized spacial score (nSPS) is 22.5. The van der Waals surface area contributed by atoms with Gasteiger partial charge in [0.1, 0.15) is 11.8 Å². The van der Waals surface area contributed by atoms with Gasteiger partial charge in [0.25, 0.3) is 5.91 Å². The number of nitrogens with zero attached hydrogens (tertiary/aromatic N) is 3. The quantitative estimate of drug-likeness (QED) is 0.844. The smallest absolute Gasteiger partial charge is 0.263 e. The lowest BCUT2D eigenvalue weighted by Crippen LogP contribution is -2.35. The Balaban J connectivity index is 1.87. The van der Waals surface area contributed by atoms with Gasteiger partial charge in [0, 0.05) is 11.1 Å². The van der Waals surface area contributed by atoms with Crippen LogP contribution in [-0.4, -0.2) is 22.6 Å². The molecule has 1 unspecified atom stereocenters. The largest absolute Gasteiger partial charge is 0.368 e. The van der Waals surface area contributed by atoms with E-state index in [2.05, 4.69) is 16.1 Å². The van der Waals surface area contributed by atoms with Gasteiger partial charge in [-0.15, -0.1) is 11.3 Å². The molecular formula is C11H10N4OS. The van der Waals surface area contributed by atoms with Crippen molar-refractivity contribution >= 4 is 29.0 Å². The molecule has 0 aromatic carbocycles. The SMILES string of the molecule is NC1=NC(=O)C2C=CN(Cc3cccs3)C2=N1. The van der Waals surface area contributed by atoms with Crippen LogP contribution < -0.4 is 5.73 Å². The Bertz CT molecular complexity index is 544. The van der Waals surface area contributed by atoms with Crippen LogP contribution in [0.25, 0.3) is 0 Å². The van der Waals surface area contributed by atoms with Crippen molar-refractivity contribution in [2.75, 3.05) is 0 Å². The molecule has 1 amide bonds. The van der Waals surface area contributed by atoms with Crippen LogP contribution in [0.1, 0.15) is 4.88 Å². The minimum atomic E-state index is -0.359. The highest BCUT2D eigenvalue weighted by Crippen LogP contribution is 2.23. The van der Waals surface area contributed by atoms with Gasteiger partial charge in [-0.3, -0.25) is 4.79 Å². The van der Waals surface area contributed by atoms with Crippen molar-refractivity contribution in [2.45, 2.75) is 6.54 Å². The third kappa shape index (κ3) is 1.76. The predicted molar refractivity (Wildman–Crippen MR) is 66.6 cm³/mol. The molecule has 3 rings (SSSR count). The second kappa shape index (κ2) is 3.81. The molecule has 86 valence electrons. The molecule has 17 heavy (non-hydrogen) atoms. The van der Waals surface area contributed by atoms with Gasteiger partial charge in [0.05, 0.1) is 6.54 Å². The summed E-state index contributed by atoms with van der Waals surface area (Å²) < 4.78 is 0. The van der Waals surface area contributed by atoms with Gasteiger partial charge >= 0.3 is 0 Å². The first-order valence-corrected chi connectivity index (χ1v) is 6.06. The monoisotopic (exact) mass is 246 g/mol. The molecule has 0 spiro atoms. The molecule has 0 fully saturated rings. The molecule has 0 aliphatic carbocycles. The number of thiophene rings is 1. The first-order chi connectivity index (χ1) is 8.24. The van der Waals surface area contributed by atoms with Crippen molar-refractivity contribution in [3.05, 3.63) is 34.7 Å². The number of amidine groups is 1. The van der Waals surface area contributed by atoms with Crippen molar-refractivity contribution in [3.8, 4) is 0 Å². The lowest BCUT2D eigenvalue weighted by Gasteiger charge is -2.20. The van der Waals surface area contributed by atoms with Crippen LogP contribution in [0.2, 0.25) is 0 Å². The number of hydrogen-bond donors (Lipinski definition) is 1. The molecule has 0 saturated heterocycles. The summed E-state index contributed by atoms with van der Waals surface area (Å²) in [4.78, 5) is 22.6.